The van der Waals surface area contributed by atoms with E-state index in [1.807, 2.05) is 30.3 Å². The number of nitrogens with one attached hydrogen (secondary N) is 1. The van der Waals surface area contributed by atoms with Crippen LogP contribution in [0.4, 0.5) is 0 Å². The molecular formula is C13H18N4O2. The second-order valence-electron chi connectivity index (χ2n) is 3.98. The van der Waals surface area contributed by atoms with Crippen molar-refractivity contribution in [3.05, 3.63) is 46.3 Å². The third-order valence-electron chi connectivity index (χ3n) is 2.62. The molecule has 0 aromatic heterocycles. The molecule has 0 aliphatic carbocycles. The van der Waals surface area contributed by atoms with Gasteiger partial charge in [0.15, 0.2) is 6.10 Å². The smallest absolute Gasteiger partial charge is 0.253 e. The first-order valence-electron chi connectivity index (χ1n) is 6.16. The van der Waals surface area contributed by atoms with Crippen molar-refractivity contribution in [1.82, 2.24) is 5.32 Å². The first kappa shape index (κ1) is 15.0. The first-order chi connectivity index (χ1) is 9.29. The van der Waals surface area contributed by atoms with Crippen LogP contribution < -0.4 is 5.32 Å². The van der Waals surface area contributed by atoms with Gasteiger partial charge < -0.3 is 10.1 Å². The molecule has 1 atom stereocenters. The quantitative estimate of drug-likeness (QED) is 0.338. The van der Waals surface area contributed by atoms with Crippen molar-refractivity contribution in [3.8, 4) is 0 Å². The fourth-order valence-corrected chi connectivity index (χ4v) is 1.68. The Morgan fingerprint density at radius 3 is 2.79 bits per heavy atom. The Morgan fingerprint density at radius 2 is 2.16 bits per heavy atom. The van der Waals surface area contributed by atoms with Gasteiger partial charge in [-0.15, -0.1) is 0 Å². The van der Waals surface area contributed by atoms with Gasteiger partial charge in [0.05, 0.1) is 0 Å². The van der Waals surface area contributed by atoms with Gasteiger partial charge in [0, 0.05) is 25.1 Å². The molecule has 0 aliphatic rings. The number of carbonyl (C=O) groups is 1. The molecule has 0 heterocycles. The molecule has 0 aliphatic heterocycles. The minimum Gasteiger partial charge on any atom is -0.367 e. The zero-order valence-corrected chi connectivity index (χ0v) is 11.0. The van der Waals surface area contributed by atoms with Crippen molar-refractivity contribution in [2.45, 2.75) is 18.9 Å². The van der Waals surface area contributed by atoms with Crippen molar-refractivity contribution in [3.63, 3.8) is 0 Å². The van der Waals surface area contributed by atoms with Crippen LogP contribution in [-0.4, -0.2) is 26.1 Å². The highest BCUT2D eigenvalue weighted by Gasteiger charge is 2.18. The van der Waals surface area contributed by atoms with E-state index in [1.54, 1.807) is 0 Å². The number of carbonyl (C=O) groups excluding carboxylic acids is 1. The number of ether oxygens (including phenoxy) is 1. The largest absolute Gasteiger partial charge is 0.367 e. The number of hydrogen-bond acceptors (Lipinski definition) is 3. The Morgan fingerprint density at radius 1 is 1.42 bits per heavy atom. The van der Waals surface area contributed by atoms with Crippen LogP contribution in [-0.2, 0) is 9.53 Å². The number of nitrogens with zero attached hydrogens (tertiary/aromatic N) is 3. The van der Waals surface area contributed by atoms with E-state index in [0.29, 0.717) is 13.1 Å². The molecule has 1 N–H and O–H groups in total. The maximum absolute atomic E-state index is 11.9. The number of amides is 1. The number of methoxy groups -OCH3 is 1. The molecule has 0 spiro atoms. The highest BCUT2D eigenvalue weighted by Crippen LogP contribution is 2.15. The van der Waals surface area contributed by atoms with Crippen LogP contribution in [0.5, 0.6) is 0 Å². The summed E-state index contributed by atoms with van der Waals surface area (Å²) in [5, 5.41) is 6.24. The van der Waals surface area contributed by atoms with E-state index in [4.69, 9.17) is 10.3 Å². The van der Waals surface area contributed by atoms with Crippen molar-refractivity contribution in [2.75, 3.05) is 20.2 Å². The SMILES string of the molecule is COC(C(=O)NCCCCN=[N+]=[N-])c1ccccc1. The third-order valence-corrected chi connectivity index (χ3v) is 2.62. The second-order valence-corrected chi connectivity index (χ2v) is 3.98. The maximum Gasteiger partial charge on any atom is 0.253 e. The fraction of sp³-hybridized carbons (Fsp3) is 0.462. The molecule has 0 saturated heterocycles. The van der Waals surface area contributed by atoms with Gasteiger partial charge in [-0.3, -0.25) is 4.79 Å². The Labute approximate surface area is 112 Å². The minimum atomic E-state index is -0.585. The summed E-state index contributed by atoms with van der Waals surface area (Å²) in [7, 11) is 1.51. The lowest BCUT2D eigenvalue weighted by molar-refractivity contribution is -0.131. The molecule has 0 bridgehead atoms. The number of rotatable bonds is 8. The van der Waals surface area contributed by atoms with Crippen LogP contribution >= 0.6 is 0 Å². The standard InChI is InChI=1S/C13H18N4O2/c1-19-12(11-7-3-2-4-8-11)13(18)15-9-5-6-10-16-17-14/h2-4,7-8,12H,5-6,9-10H2,1H3,(H,15,18). The van der Waals surface area contributed by atoms with Crippen LogP contribution in [0.1, 0.15) is 24.5 Å². The van der Waals surface area contributed by atoms with Gasteiger partial charge in [0.2, 0.25) is 0 Å². The van der Waals surface area contributed by atoms with Crippen LogP contribution in [0.15, 0.2) is 35.4 Å². The van der Waals surface area contributed by atoms with E-state index in [0.717, 1.165) is 18.4 Å². The summed E-state index contributed by atoms with van der Waals surface area (Å²) in [6.45, 7) is 1.01. The number of unbranched alkanes of at least 4 members (excludes halogenated alkanes) is 1. The molecule has 102 valence electrons. The molecule has 1 aromatic carbocycles. The second kappa shape index (κ2) is 8.97. The van der Waals surface area contributed by atoms with Gasteiger partial charge in [-0.2, -0.15) is 0 Å². The normalized spacial score (nSPS) is 11.4. The van der Waals surface area contributed by atoms with Crippen LogP contribution in [0.2, 0.25) is 0 Å². The number of hydrogen-bond donors (Lipinski definition) is 1. The zero-order valence-electron chi connectivity index (χ0n) is 11.0. The maximum atomic E-state index is 11.9. The molecule has 19 heavy (non-hydrogen) atoms. The summed E-state index contributed by atoms with van der Waals surface area (Å²) in [5.41, 5.74) is 8.94. The van der Waals surface area contributed by atoms with Gasteiger partial charge in [0.25, 0.3) is 5.91 Å². The minimum absolute atomic E-state index is 0.155. The molecule has 1 aromatic rings. The van der Waals surface area contributed by atoms with Crippen molar-refractivity contribution < 1.29 is 9.53 Å². The van der Waals surface area contributed by atoms with Crippen molar-refractivity contribution in [1.29, 1.82) is 0 Å². The Kier molecular flexibility index (Phi) is 7.09. The average molecular weight is 262 g/mol. The van der Waals surface area contributed by atoms with Gasteiger partial charge in [0.1, 0.15) is 0 Å². The molecule has 1 amide bonds. The number of benzene rings is 1. The fourth-order valence-electron chi connectivity index (χ4n) is 1.68. The Hall–Kier alpha value is -2.04. The van der Waals surface area contributed by atoms with Gasteiger partial charge in [-0.05, 0) is 23.9 Å². The molecular weight excluding hydrogens is 244 g/mol. The number of azide groups is 1. The topological polar surface area (TPSA) is 87.1 Å². The highest BCUT2D eigenvalue weighted by atomic mass is 16.5. The van der Waals surface area contributed by atoms with E-state index in [1.165, 1.54) is 7.11 Å². The van der Waals surface area contributed by atoms with Gasteiger partial charge >= 0.3 is 0 Å². The Balaban J connectivity index is 2.36. The highest BCUT2D eigenvalue weighted by molar-refractivity contribution is 5.82. The summed E-state index contributed by atoms with van der Waals surface area (Å²) in [5.74, 6) is -0.155. The van der Waals surface area contributed by atoms with E-state index in [-0.39, 0.29) is 5.91 Å². The summed E-state index contributed by atoms with van der Waals surface area (Å²) in [4.78, 5) is 14.6. The predicted octanol–water partition coefficient (Wildman–Crippen LogP) is 2.58. The first-order valence-corrected chi connectivity index (χ1v) is 6.16. The van der Waals surface area contributed by atoms with E-state index >= 15 is 0 Å². The molecule has 6 heteroatoms. The average Bonchev–Trinajstić information content (AvgIpc) is 2.45. The lowest BCUT2D eigenvalue weighted by atomic mass is 10.1. The summed E-state index contributed by atoms with van der Waals surface area (Å²) in [6.07, 6.45) is 0.946. The lowest BCUT2D eigenvalue weighted by Crippen LogP contribution is -2.31. The van der Waals surface area contributed by atoms with Gasteiger partial charge in [-0.1, -0.05) is 35.4 Å². The van der Waals surface area contributed by atoms with Crippen LogP contribution in [0.25, 0.3) is 10.4 Å². The lowest BCUT2D eigenvalue weighted by Gasteiger charge is -2.15. The Bertz CT molecular complexity index is 430. The molecule has 1 unspecified atom stereocenters. The van der Waals surface area contributed by atoms with E-state index < -0.39 is 6.10 Å². The summed E-state index contributed by atoms with van der Waals surface area (Å²) < 4.78 is 5.22. The van der Waals surface area contributed by atoms with E-state index in [9.17, 15) is 4.79 Å². The predicted molar refractivity (Wildman–Crippen MR) is 72.4 cm³/mol. The monoisotopic (exact) mass is 262 g/mol. The zero-order chi connectivity index (χ0) is 13.9. The van der Waals surface area contributed by atoms with Crippen LogP contribution in [0.3, 0.4) is 0 Å². The third kappa shape index (κ3) is 5.42. The molecule has 0 radical (unpaired) electrons. The summed E-state index contributed by atoms with van der Waals surface area (Å²) in [6, 6.07) is 9.34. The molecule has 1 rings (SSSR count). The summed E-state index contributed by atoms with van der Waals surface area (Å²) >= 11 is 0. The van der Waals surface area contributed by atoms with Crippen molar-refractivity contribution in [2.24, 2.45) is 5.11 Å². The molecule has 0 fully saturated rings. The van der Waals surface area contributed by atoms with Crippen molar-refractivity contribution >= 4 is 5.91 Å². The molecule has 6 nitrogen and oxygen atoms in total. The molecule has 0 saturated carbocycles. The van der Waals surface area contributed by atoms with E-state index in [2.05, 4.69) is 15.3 Å². The van der Waals surface area contributed by atoms with Crippen LogP contribution in [0, 0.1) is 0 Å². The van der Waals surface area contributed by atoms with Gasteiger partial charge in [-0.25, -0.2) is 0 Å².